The molecule has 3 nitrogen and oxygen atoms in total. The van der Waals surface area contributed by atoms with Crippen molar-refractivity contribution in [1.29, 1.82) is 0 Å². The molecule has 16 heavy (non-hydrogen) atoms. The summed E-state index contributed by atoms with van der Waals surface area (Å²) in [5.74, 6) is 0.632. The van der Waals surface area contributed by atoms with Crippen molar-refractivity contribution >= 4 is 5.97 Å². The molecule has 0 bridgehead atoms. The van der Waals surface area contributed by atoms with Gasteiger partial charge in [-0.25, -0.2) is 0 Å². The highest BCUT2D eigenvalue weighted by Crippen LogP contribution is 2.09. The molecule has 1 rings (SSSR count). The van der Waals surface area contributed by atoms with Crippen LogP contribution in [0.3, 0.4) is 0 Å². The summed E-state index contributed by atoms with van der Waals surface area (Å²) >= 11 is 0. The number of hydrogen-bond donors (Lipinski definition) is 0. The Morgan fingerprint density at radius 2 is 2.00 bits per heavy atom. The molecule has 0 N–H and O–H groups in total. The molecule has 0 aromatic heterocycles. The van der Waals surface area contributed by atoms with Crippen LogP contribution >= 0.6 is 0 Å². The summed E-state index contributed by atoms with van der Waals surface area (Å²) in [4.78, 5) is 11.2. The molecule has 0 saturated carbocycles. The van der Waals surface area contributed by atoms with Crippen LogP contribution < -0.4 is 4.74 Å². The van der Waals surface area contributed by atoms with E-state index in [-0.39, 0.29) is 12.1 Å². The zero-order chi connectivity index (χ0) is 11.8. The van der Waals surface area contributed by atoms with E-state index in [1.165, 1.54) is 0 Å². The predicted molar refractivity (Wildman–Crippen MR) is 62.4 cm³/mol. The van der Waals surface area contributed by atoms with Gasteiger partial charge in [0.25, 0.3) is 0 Å². The molecule has 0 heterocycles. The van der Waals surface area contributed by atoms with Crippen LogP contribution in [0.1, 0.15) is 26.7 Å². The van der Waals surface area contributed by atoms with Crippen LogP contribution in [0.4, 0.5) is 0 Å². The maximum Gasteiger partial charge on any atom is 0.306 e. The third-order valence-electron chi connectivity index (χ3n) is 2.01. The molecule has 0 spiro atoms. The largest absolute Gasteiger partial charge is 0.490 e. The SMILES string of the molecule is CCCC(=O)OC(C)COc1ccccc1. The van der Waals surface area contributed by atoms with Gasteiger partial charge in [0.1, 0.15) is 18.5 Å². The van der Waals surface area contributed by atoms with E-state index in [2.05, 4.69) is 0 Å². The van der Waals surface area contributed by atoms with E-state index in [4.69, 9.17) is 9.47 Å². The fourth-order valence-electron chi connectivity index (χ4n) is 1.25. The molecular formula is C13H18O3. The first kappa shape index (κ1) is 12.6. The van der Waals surface area contributed by atoms with Crippen molar-refractivity contribution in [2.24, 2.45) is 0 Å². The van der Waals surface area contributed by atoms with Gasteiger partial charge >= 0.3 is 5.97 Å². The van der Waals surface area contributed by atoms with Crippen LogP contribution in [0.15, 0.2) is 30.3 Å². The molecule has 0 radical (unpaired) electrons. The number of benzene rings is 1. The number of carbonyl (C=O) groups excluding carboxylic acids is 1. The molecule has 1 aromatic rings. The number of esters is 1. The minimum Gasteiger partial charge on any atom is -0.490 e. The minimum atomic E-state index is -0.209. The highest BCUT2D eigenvalue weighted by Gasteiger charge is 2.08. The van der Waals surface area contributed by atoms with Gasteiger partial charge in [0.05, 0.1) is 0 Å². The zero-order valence-electron chi connectivity index (χ0n) is 9.81. The van der Waals surface area contributed by atoms with E-state index >= 15 is 0 Å². The molecule has 0 aliphatic rings. The summed E-state index contributed by atoms with van der Waals surface area (Å²) in [7, 11) is 0. The first-order valence-electron chi connectivity index (χ1n) is 5.59. The Labute approximate surface area is 96.4 Å². The number of carbonyl (C=O) groups is 1. The van der Waals surface area contributed by atoms with Crippen LogP contribution in [0.5, 0.6) is 5.75 Å². The topological polar surface area (TPSA) is 35.5 Å². The summed E-state index contributed by atoms with van der Waals surface area (Å²) in [6.07, 6.45) is 1.07. The fraction of sp³-hybridized carbons (Fsp3) is 0.462. The predicted octanol–water partition coefficient (Wildman–Crippen LogP) is 2.80. The summed E-state index contributed by atoms with van der Waals surface area (Å²) < 4.78 is 10.6. The number of ether oxygens (including phenoxy) is 2. The van der Waals surface area contributed by atoms with Gasteiger partial charge in [0.15, 0.2) is 0 Å². The Morgan fingerprint density at radius 1 is 1.31 bits per heavy atom. The van der Waals surface area contributed by atoms with E-state index in [1.54, 1.807) is 0 Å². The molecule has 1 unspecified atom stereocenters. The van der Waals surface area contributed by atoms with Crippen molar-refractivity contribution in [3.8, 4) is 5.75 Å². The summed E-state index contributed by atoms with van der Waals surface area (Å²) in [6, 6.07) is 9.49. The molecule has 1 aromatic carbocycles. The third-order valence-corrected chi connectivity index (χ3v) is 2.01. The average molecular weight is 222 g/mol. The Hall–Kier alpha value is -1.51. The van der Waals surface area contributed by atoms with Crippen LogP contribution in [0.25, 0.3) is 0 Å². The van der Waals surface area contributed by atoms with Crippen molar-refractivity contribution in [3.63, 3.8) is 0 Å². The highest BCUT2D eigenvalue weighted by atomic mass is 16.6. The standard InChI is InChI=1S/C13H18O3/c1-3-7-13(14)16-11(2)10-15-12-8-5-4-6-9-12/h4-6,8-9,11H,3,7,10H2,1-2H3. The van der Waals surface area contributed by atoms with Gasteiger partial charge in [0.2, 0.25) is 0 Å². The minimum absolute atomic E-state index is 0.160. The van der Waals surface area contributed by atoms with Gasteiger partial charge in [-0.15, -0.1) is 0 Å². The normalized spacial score (nSPS) is 11.9. The first-order valence-corrected chi connectivity index (χ1v) is 5.59. The molecule has 0 fully saturated rings. The average Bonchev–Trinajstić information content (AvgIpc) is 2.28. The first-order chi connectivity index (χ1) is 7.72. The van der Waals surface area contributed by atoms with Gasteiger partial charge in [-0.1, -0.05) is 25.1 Å². The smallest absolute Gasteiger partial charge is 0.306 e. The lowest BCUT2D eigenvalue weighted by Crippen LogP contribution is -2.21. The van der Waals surface area contributed by atoms with Gasteiger partial charge in [-0.3, -0.25) is 4.79 Å². The lowest BCUT2D eigenvalue weighted by Gasteiger charge is -2.14. The monoisotopic (exact) mass is 222 g/mol. The molecule has 3 heteroatoms. The quantitative estimate of drug-likeness (QED) is 0.694. The van der Waals surface area contributed by atoms with E-state index in [9.17, 15) is 4.79 Å². The van der Waals surface area contributed by atoms with E-state index < -0.39 is 0 Å². The molecule has 1 atom stereocenters. The molecular weight excluding hydrogens is 204 g/mol. The second kappa shape index (κ2) is 6.88. The van der Waals surface area contributed by atoms with Gasteiger partial charge in [-0.2, -0.15) is 0 Å². The van der Waals surface area contributed by atoms with Crippen LogP contribution in [0.2, 0.25) is 0 Å². The second-order valence-corrected chi connectivity index (χ2v) is 3.67. The molecule has 0 aliphatic carbocycles. The number of rotatable bonds is 6. The van der Waals surface area contributed by atoms with Crippen LogP contribution in [0, 0.1) is 0 Å². The zero-order valence-corrected chi connectivity index (χ0v) is 9.81. The summed E-state index contributed by atoms with van der Waals surface area (Å²) in [5, 5.41) is 0. The van der Waals surface area contributed by atoms with Gasteiger partial charge in [-0.05, 0) is 25.5 Å². The second-order valence-electron chi connectivity index (χ2n) is 3.67. The van der Waals surface area contributed by atoms with Gasteiger partial charge in [0, 0.05) is 6.42 Å². The lowest BCUT2D eigenvalue weighted by atomic mass is 10.3. The van der Waals surface area contributed by atoms with Crippen molar-refractivity contribution in [3.05, 3.63) is 30.3 Å². The highest BCUT2D eigenvalue weighted by molar-refractivity contribution is 5.69. The van der Waals surface area contributed by atoms with E-state index in [0.29, 0.717) is 13.0 Å². The van der Waals surface area contributed by atoms with E-state index in [1.807, 2.05) is 44.2 Å². The summed E-state index contributed by atoms with van der Waals surface area (Å²) in [5.41, 5.74) is 0. The third kappa shape index (κ3) is 4.82. The van der Waals surface area contributed by atoms with Crippen molar-refractivity contribution in [2.75, 3.05) is 6.61 Å². The van der Waals surface area contributed by atoms with Crippen molar-refractivity contribution in [1.82, 2.24) is 0 Å². The maximum atomic E-state index is 11.2. The van der Waals surface area contributed by atoms with Crippen LogP contribution in [-0.2, 0) is 9.53 Å². The summed E-state index contributed by atoms with van der Waals surface area (Å²) in [6.45, 7) is 4.17. The molecule has 0 saturated heterocycles. The maximum absolute atomic E-state index is 11.2. The Balaban J connectivity index is 2.25. The molecule has 0 aliphatic heterocycles. The number of para-hydroxylation sites is 1. The number of hydrogen-bond acceptors (Lipinski definition) is 3. The van der Waals surface area contributed by atoms with Crippen molar-refractivity contribution in [2.45, 2.75) is 32.8 Å². The lowest BCUT2D eigenvalue weighted by molar-refractivity contribution is -0.149. The Kier molecular flexibility index (Phi) is 5.40. The fourth-order valence-corrected chi connectivity index (χ4v) is 1.25. The van der Waals surface area contributed by atoms with E-state index in [0.717, 1.165) is 12.2 Å². The molecule has 88 valence electrons. The van der Waals surface area contributed by atoms with Crippen LogP contribution in [-0.4, -0.2) is 18.7 Å². The van der Waals surface area contributed by atoms with Crippen molar-refractivity contribution < 1.29 is 14.3 Å². The Bertz CT molecular complexity index is 308. The van der Waals surface area contributed by atoms with Gasteiger partial charge < -0.3 is 9.47 Å². The molecule has 0 amide bonds. The Morgan fingerprint density at radius 3 is 2.62 bits per heavy atom.